The molecule has 3 rings (SSSR count). The average molecular weight is 292 g/mol. The second kappa shape index (κ2) is 6.36. The van der Waals surface area contributed by atoms with Gasteiger partial charge in [0.05, 0.1) is 18.4 Å². The van der Waals surface area contributed by atoms with Crippen molar-refractivity contribution < 1.29 is 4.74 Å². The molecule has 21 heavy (non-hydrogen) atoms. The molecular formula is C16H28N4O. The first-order chi connectivity index (χ1) is 10.2. The molecule has 1 aliphatic carbocycles. The van der Waals surface area contributed by atoms with Crippen LogP contribution in [-0.4, -0.2) is 41.4 Å². The summed E-state index contributed by atoms with van der Waals surface area (Å²) in [4.78, 5) is 7.25. The molecule has 1 saturated carbocycles. The number of anilines is 1. The smallest absolute Gasteiger partial charge is 0.206 e. The summed E-state index contributed by atoms with van der Waals surface area (Å²) in [6.07, 6.45) is 8.62. The molecule has 0 amide bonds. The molecule has 2 aliphatic rings. The van der Waals surface area contributed by atoms with Crippen molar-refractivity contribution in [3.8, 4) is 0 Å². The Balaban J connectivity index is 1.84. The number of ether oxygens (including phenoxy) is 1. The molecule has 0 bridgehead atoms. The maximum atomic E-state index is 6.02. The summed E-state index contributed by atoms with van der Waals surface area (Å²) in [6.45, 7) is 6.70. The van der Waals surface area contributed by atoms with E-state index in [1.54, 1.807) is 0 Å². The van der Waals surface area contributed by atoms with Crippen LogP contribution >= 0.6 is 0 Å². The minimum absolute atomic E-state index is 0.0633. The lowest BCUT2D eigenvalue weighted by atomic mass is 10.1. The average Bonchev–Trinajstić information content (AvgIpc) is 3.16. The number of rotatable bonds is 4. The Morgan fingerprint density at radius 3 is 2.86 bits per heavy atom. The number of aromatic nitrogens is 2. The topological polar surface area (TPSA) is 56.3 Å². The van der Waals surface area contributed by atoms with Crippen LogP contribution in [0.3, 0.4) is 0 Å². The van der Waals surface area contributed by atoms with E-state index in [4.69, 9.17) is 15.5 Å². The lowest BCUT2D eigenvalue weighted by Gasteiger charge is -2.36. The summed E-state index contributed by atoms with van der Waals surface area (Å²) in [5, 5.41) is 0. The number of nitrogens with zero attached hydrogens (tertiary/aromatic N) is 3. The van der Waals surface area contributed by atoms with Crippen molar-refractivity contribution in [2.75, 3.05) is 24.6 Å². The third kappa shape index (κ3) is 3.09. The van der Waals surface area contributed by atoms with E-state index in [9.17, 15) is 0 Å². The second-order valence-corrected chi connectivity index (χ2v) is 6.45. The van der Waals surface area contributed by atoms with Crippen molar-refractivity contribution in [2.45, 2.75) is 64.1 Å². The second-order valence-electron chi connectivity index (χ2n) is 6.45. The molecule has 1 aromatic rings. The third-order valence-electron chi connectivity index (χ3n) is 4.81. The molecule has 2 fully saturated rings. The first-order valence-electron chi connectivity index (χ1n) is 8.39. The molecule has 1 saturated heterocycles. The summed E-state index contributed by atoms with van der Waals surface area (Å²) in [6, 6.07) is 0.692. The zero-order valence-corrected chi connectivity index (χ0v) is 13.3. The molecule has 5 heteroatoms. The fraction of sp³-hybridized carbons (Fsp3) is 0.812. The number of aryl methyl sites for hydroxylation is 1. The van der Waals surface area contributed by atoms with Gasteiger partial charge < -0.3 is 19.9 Å². The molecular weight excluding hydrogens is 264 g/mol. The van der Waals surface area contributed by atoms with Gasteiger partial charge in [-0.25, -0.2) is 4.98 Å². The lowest BCUT2D eigenvalue weighted by Crippen LogP contribution is -2.50. The van der Waals surface area contributed by atoms with Crippen molar-refractivity contribution >= 4 is 5.95 Å². The van der Waals surface area contributed by atoms with E-state index < -0.39 is 0 Å². The van der Waals surface area contributed by atoms with Crippen LogP contribution in [0, 0.1) is 0 Å². The monoisotopic (exact) mass is 292 g/mol. The molecule has 2 N–H and O–H groups in total. The van der Waals surface area contributed by atoms with Gasteiger partial charge in [0.25, 0.3) is 0 Å². The van der Waals surface area contributed by atoms with Crippen LogP contribution in [0.5, 0.6) is 0 Å². The van der Waals surface area contributed by atoms with Crippen LogP contribution in [0.15, 0.2) is 6.20 Å². The highest BCUT2D eigenvalue weighted by Crippen LogP contribution is 2.33. The Kier molecular flexibility index (Phi) is 4.50. The van der Waals surface area contributed by atoms with Crippen LogP contribution in [0.25, 0.3) is 0 Å². The molecule has 5 nitrogen and oxygen atoms in total. The SMILES string of the molecule is CCc1cn(C2CCCC2)c(N2CCOC(C(C)N)C2)n1. The normalized spacial score (nSPS) is 25.5. The van der Waals surface area contributed by atoms with Crippen LogP contribution in [0.4, 0.5) is 5.95 Å². The summed E-state index contributed by atoms with van der Waals surface area (Å²) in [5.41, 5.74) is 7.22. The van der Waals surface area contributed by atoms with E-state index in [2.05, 4.69) is 22.6 Å². The third-order valence-corrected chi connectivity index (χ3v) is 4.81. The van der Waals surface area contributed by atoms with Gasteiger partial charge in [0.15, 0.2) is 0 Å². The van der Waals surface area contributed by atoms with E-state index in [-0.39, 0.29) is 12.1 Å². The molecule has 1 aliphatic heterocycles. The minimum atomic E-state index is 0.0633. The van der Waals surface area contributed by atoms with Gasteiger partial charge in [0, 0.05) is 31.4 Å². The first-order valence-corrected chi connectivity index (χ1v) is 8.39. The Hall–Kier alpha value is -1.07. The van der Waals surface area contributed by atoms with Gasteiger partial charge in [-0.15, -0.1) is 0 Å². The maximum absolute atomic E-state index is 6.02. The summed E-state index contributed by atoms with van der Waals surface area (Å²) in [5.74, 6) is 1.13. The van der Waals surface area contributed by atoms with E-state index in [1.807, 2.05) is 6.92 Å². The number of imidazole rings is 1. The number of morpholine rings is 1. The van der Waals surface area contributed by atoms with Crippen LogP contribution in [0.1, 0.15) is 51.3 Å². The quantitative estimate of drug-likeness (QED) is 0.923. The predicted octanol–water partition coefficient (Wildman–Crippen LogP) is 2.11. The van der Waals surface area contributed by atoms with Crippen molar-refractivity contribution in [2.24, 2.45) is 5.73 Å². The molecule has 0 spiro atoms. The largest absolute Gasteiger partial charge is 0.373 e. The molecule has 118 valence electrons. The van der Waals surface area contributed by atoms with Crippen molar-refractivity contribution in [1.82, 2.24) is 9.55 Å². The molecule has 2 unspecified atom stereocenters. The lowest BCUT2D eigenvalue weighted by molar-refractivity contribution is 0.0268. The number of nitrogens with two attached hydrogens (primary N) is 1. The van der Waals surface area contributed by atoms with Gasteiger partial charge in [0.1, 0.15) is 0 Å². The minimum Gasteiger partial charge on any atom is -0.373 e. The fourth-order valence-electron chi connectivity index (χ4n) is 3.46. The van der Waals surface area contributed by atoms with Gasteiger partial charge in [-0.1, -0.05) is 19.8 Å². The molecule has 0 radical (unpaired) electrons. The summed E-state index contributed by atoms with van der Waals surface area (Å²) >= 11 is 0. The Morgan fingerprint density at radius 2 is 2.19 bits per heavy atom. The van der Waals surface area contributed by atoms with Crippen molar-refractivity contribution in [1.29, 1.82) is 0 Å². The van der Waals surface area contributed by atoms with Gasteiger partial charge >= 0.3 is 0 Å². The molecule has 0 aromatic carbocycles. The predicted molar refractivity (Wildman–Crippen MR) is 84.7 cm³/mol. The highest BCUT2D eigenvalue weighted by atomic mass is 16.5. The Labute approximate surface area is 127 Å². The van der Waals surface area contributed by atoms with E-state index >= 15 is 0 Å². The summed E-state index contributed by atoms with van der Waals surface area (Å²) in [7, 11) is 0. The van der Waals surface area contributed by atoms with E-state index in [0.29, 0.717) is 6.04 Å². The van der Waals surface area contributed by atoms with Crippen LogP contribution < -0.4 is 10.6 Å². The highest BCUT2D eigenvalue weighted by molar-refractivity contribution is 5.35. The van der Waals surface area contributed by atoms with Gasteiger partial charge in [-0.3, -0.25) is 0 Å². The number of hydrogen-bond donors (Lipinski definition) is 1. The summed E-state index contributed by atoms with van der Waals surface area (Å²) < 4.78 is 8.21. The Bertz CT molecular complexity index is 465. The molecule has 2 atom stereocenters. The van der Waals surface area contributed by atoms with E-state index in [0.717, 1.165) is 32.1 Å². The van der Waals surface area contributed by atoms with Crippen molar-refractivity contribution in [3.05, 3.63) is 11.9 Å². The maximum Gasteiger partial charge on any atom is 0.206 e. The van der Waals surface area contributed by atoms with Gasteiger partial charge in [-0.05, 0) is 26.2 Å². The highest BCUT2D eigenvalue weighted by Gasteiger charge is 2.28. The Morgan fingerprint density at radius 1 is 1.43 bits per heavy atom. The van der Waals surface area contributed by atoms with Crippen LogP contribution in [0.2, 0.25) is 0 Å². The van der Waals surface area contributed by atoms with E-state index in [1.165, 1.54) is 31.4 Å². The zero-order chi connectivity index (χ0) is 14.8. The van der Waals surface area contributed by atoms with Gasteiger partial charge in [-0.2, -0.15) is 0 Å². The molecule has 2 heterocycles. The van der Waals surface area contributed by atoms with Crippen molar-refractivity contribution in [3.63, 3.8) is 0 Å². The van der Waals surface area contributed by atoms with Crippen LogP contribution in [-0.2, 0) is 11.2 Å². The standard InChI is InChI=1S/C16H28N4O/c1-3-13-10-20(14-6-4-5-7-14)16(18-13)19-8-9-21-15(11-19)12(2)17/h10,12,14-15H,3-9,11,17H2,1-2H3. The van der Waals surface area contributed by atoms with Gasteiger partial charge in [0.2, 0.25) is 5.95 Å². The number of hydrogen-bond acceptors (Lipinski definition) is 4. The first kappa shape index (κ1) is 14.9. The zero-order valence-electron chi connectivity index (χ0n) is 13.3. The molecule has 1 aromatic heterocycles. The fourth-order valence-corrected chi connectivity index (χ4v) is 3.46.